The Morgan fingerprint density at radius 2 is 1.91 bits per heavy atom. The van der Waals surface area contributed by atoms with E-state index in [1.54, 1.807) is 13.0 Å². The molecule has 0 radical (unpaired) electrons. The minimum absolute atomic E-state index is 0.0336. The van der Waals surface area contributed by atoms with E-state index < -0.39 is 11.6 Å². The van der Waals surface area contributed by atoms with Crippen LogP contribution in [0.3, 0.4) is 0 Å². The largest absolute Gasteiger partial charge is 0.453 e. The first-order chi connectivity index (χ1) is 15.4. The molecule has 3 aromatic carbocycles. The third-order valence-electron chi connectivity index (χ3n) is 4.66. The van der Waals surface area contributed by atoms with Gasteiger partial charge in [0, 0.05) is 16.1 Å². The monoisotopic (exact) mass is 471 g/mol. The van der Waals surface area contributed by atoms with Crippen molar-refractivity contribution in [2.75, 3.05) is 0 Å². The smallest absolute Gasteiger partial charge is 0.248 e. The van der Waals surface area contributed by atoms with Crippen molar-refractivity contribution in [1.82, 2.24) is 10.2 Å². The molecule has 4 rings (SSSR count). The molecule has 0 aliphatic heterocycles. The Balaban J connectivity index is 1.63. The topological polar surface area (TPSA) is 71.9 Å². The van der Waals surface area contributed by atoms with Gasteiger partial charge in [-0.1, -0.05) is 35.3 Å². The second-order valence-electron chi connectivity index (χ2n) is 6.83. The molecule has 32 heavy (non-hydrogen) atoms. The highest BCUT2D eigenvalue weighted by Crippen LogP contribution is 2.36. The molecule has 0 aliphatic rings. The zero-order chi connectivity index (χ0) is 22.8. The lowest BCUT2D eigenvalue weighted by molar-refractivity contribution is 0.437. The highest BCUT2D eigenvalue weighted by atomic mass is 35.5. The second kappa shape index (κ2) is 8.95. The van der Waals surface area contributed by atoms with E-state index >= 15 is 4.39 Å². The van der Waals surface area contributed by atoms with Crippen LogP contribution in [0.4, 0.5) is 8.78 Å². The molecule has 0 bridgehead atoms. The van der Waals surface area contributed by atoms with Gasteiger partial charge >= 0.3 is 0 Å². The molecule has 160 valence electrons. The lowest BCUT2D eigenvalue weighted by atomic mass is 10.1. The van der Waals surface area contributed by atoms with Gasteiger partial charge in [0.2, 0.25) is 11.8 Å². The van der Waals surface area contributed by atoms with Gasteiger partial charge in [-0.25, -0.2) is 8.78 Å². The Morgan fingerprint density at radius 1 is 1.09 bits per heavy atom. The molecule has 0 N–H and O–H groups in total. The number of ether oxygens (including phenoxy) is 1. The van der Waals surface area contributed by atoms with Gasteiger partial charge in [-0.2, -0.15) is 5.26 Å². The van der Waals surface area contributed by atoms with Crippen molar-refractivity contribution in [3.63, 3.8) is 0 Å². The average Bonchev–Trinajstić information content (AvgIpc) is 3.23. The van der Waals surface area contributed by atoms with E-state index in [0.717, 1.165) is 0 Å². The summed E-state index contributed by atoms with van der Waals surface area (Å²) in [6, 6.07) is 13.7. The Kier molecular flexibility index (Phi) is 6.08. The highest BCUT2D eigenvalue weighted by molar-refractivity contribution is 6.32. The Bertz CT molecular complexity index is 1370. The molecule has 4 aromatic rings. The summed E-state index contributed by atoms with van der Waals surface area (Å²) in [7, 11) is 0. The number of rotatable bonds is 5. The molecular formula is C23H13Cl2F2N3O2. The van der Waals surface area contributed by atoms with Gasteiger partial charge in [0.05, 0.1) is 23.1 Å². The lowest BCUT2D eigenvalue weighted by Gasteiger charge is -2.12. The predicted molar refractivity (Wildman–Crippen MR) is 115 cm³/mol. The molecule has 0 amide bonds. The molecule has 1 heterocycles. The van der Waals surface area contributed by atoms with Crippen LogP contribution in [0.5, 0.6) is 11.5 Å². The van der Waals surface area contributed by atoms with E-state index in [1.165, 1.54) is 42.5 Å². The number of nitriles is 1. The van der Waals surface area contributed by atoms with Crippen LogP contribution in [0, 0.1) is 29.9 Å². The summed E-state index contributed by atoms with van der Waals surface area (Å²) in [6.07, 6.45) is -0.0419. The summed E-state index contributed by atoms with van der Waals surface area (Å²) in [6.45, 7) is 1.60. The Hall–Kier alpha value is -3.47. The summed E-state index contributed by atoms with van der Waals surface area (Å²) < 4.78 is 40.2. The summed E-state index contributed by atoms with van der Waals surface area (Å²) in [4.78, 5) is 0. The normalized spacial score (nSPS) is 10.8. The first-order valence-corrected chi connectivity index (χ1v) is 10.0. The molecule has 1 aromatic heterocycles. The number of aromatic nitrogens is 2. The maximum atomic E-state index is 15.2. The van der Waals surface area contributed by atoms with Crippen molar-refractivity contribution in [2.45, 2.75) is 13.3 Å². The lowest BCUT2D eigenvalue weighted by Crippen LogP contribution is -1.98. The molecule has 5 nitrogen and oxygen atoms in total. The van der Waals surface area contributed by atoms with Crippen LogP contribution in [-0.4, -0.2) is 10.2 Å². The molecule has 9 heteroatoms. The fourth-order valence-corrected chi connectivity index (χ4v) is 3.45. The minimum atomic E-state index is -0.724. The van der Waals surface area contributed by atoms with E-state index in [1.807, 2.05) is 6.07 Å². The van der Waals surface area contributed by atoms with E-state index in [2.05, 4.69) is 10.2 Å². The first-order valence-electron chi connectivity index (χ1n) is 9.29. The predicted octanol–water partition coefficient (Wildman–Crippen LogP) is 6.88. The maximum absolute atomic E-state index is 15.2. The number of hydrogen-bond acceptors (Lipinski definition) is 5. The second-order valence-corrected chi connectivity index (χ2v) is 7.67. The molecule has 0 spiro atoms. The van der Waals surface area contributed by atoms with Crippen LogP contribution in [0.2, 0.25) is 10.0 Å². The van der Waals surface area contributed by atoms with Crippen molar-refractivity contribution in [3.05, 3.63) is 92.8 Å². The van der Waals surface area contributed by atoms with Gasteiger partial charge in [0.1, 0.15) is 11.6 Å². The molecule has 0 atom stereocenters. The standard InChI is InChI=1S/C23H13Cl2F2N3O2/c1-12-17(3-2-4-19(12)26)23-30-29-20(32-23)9-14-5-6-18(25)22(21(14)27)31-16-8-13(11-28)7-15(24)10-16/h2-8,10H,9H2,1H3. The third-order valence-corrected chi connectivity index (χ3v) is 5.17. The van der Waals surface area contributed by atoms with Crippen molar-refractivity contribution in [3.8, 4) is 29.0 Å². The molecular weight excluding hydrogens is 459 g/mol. The quantitative estimate of drug-likeness (QED) is 0.317. The van der Waals surface area contributed by atoms with E-state index in [-0.39, 0.29) is 50.9 Å². The number of halogens is 4. The van der Waals surface area contributed by atoms with Crippen molar-refractivity contribution in [2.24, 2.45) is 0 Å². The van der Waals surface area contributed by atoms with E-state index in [0.29, 0.717) is 11.1 Å². The molecule has 0 saturated carbocycles. The summed E-state index contributed by atoms with van der Waals surface area (Å²) in [5.74, 6) is -0.924. The van der Waals surface area contributed by atoms with Gasteiger partial charge in [0.25, 0.3) is 0 Å². The van der Waals surface area contributed by atoms with Crippen LogP contribution in [0.25, 0.3) is 11.5 Å². The van der Waals surface area contributed by atoms with Crippen LogP contribution >= 0.6 is 23.2 Å². The van der Waals surface area contributed by atoms with Gasteiger partial charge in [-0.15, -0.1) is 10.2 Å². The van der Waals surface area contributed by atoms with Crippen LogP contribution in [-0.2, 0) is 6.42 Å². The third kappa shape index (κ3) is 4.42. The summed E-state index contributed by atoms with van der Waals surface area (Å²) in [5.41, 5.74) is 1.28. The summed E-state index contributed by atoms with van der Waals surface area (Å²) in [5, 5.41) is 17.3. The molecule has 0 unspecified atom stereocenters. The Labute approximate surface area is 191 Å². The first kappa shape index (κ1) is 21.8. The highest BCUT2D eigenvalue weighted by Gasteiger charge is 2.19. The van der Waals surface area contributed by atoms with Crippen LogP contribution < -0.4 is 4.74 Å². The zero-order valence-electron chi connectivity index (χ0n) is 16.5. The zero-order valence-corrected chi connectivity index (χ0v) is 18.0. The fourth-order valence-electron chi connectivity index (χ4n) is 3.04. The number of hydrogen-bond donors (Lipinski definition) is 0. The van der Waals surface area contributed by atoms with Gasteiger partial charge in [-0.05, 0) is 48.9 Å². The molecule has 0 fully saturated rings. The van der Waals surface area contributed by atoms with Gasteiger partial charge in [0.15, 0.2) is 11.6 Å². The van der Waals surface area contributed by atoms with Gasteiger partial charge in [-0.3, -0.25) is 0 Å². The summed E-state index contributed by atoms with van der Waals surface area (Å²) >= 11 is 12.1. The SMILES string of the molecule is Cc1c(F)cccc1-c1nnc(Cc2ccc(Cl)c(Oc3cc(Cl)cc(C#N)c3)c2F)o1. The molecule has 0 saturated heterocycles. The minimum Gasteiger partial charge on any atom is -0.453 e. The van der Waals surface area contributed by atoms with Crippen LogP contribution in [0.1, 0.15) is 22.6 Å². The van der Waals surface area contributed by atoms with Crippen LogP contribution in [0.15, 0.2) is 52.9 Å². The average molecular weight is 472 g/mol. The Morgan fingerprint density at radius 3 is 2.69 bits per heavy atom. The van der Waals surface area contributed by atoms with Gasteiger partial charge < -0.3 is 9.15 Å². The fraction of sp³-hybridized carbons (Fsp3) is 0.0870. The van der Waals surface area contributed by atoms with Crippen molar-refractivity contribution < 1.29 is 17.9 Å². The molecule has 0 aliphatic carbocycles. The maximum Gasteiger partial charge on any atom is 0.248 e. The van der Waals surface area contributed by atoms with E-state index in [9.17, 15) is 4.39 Å². The van der Waals surface area contributed by atoms with Crippen molar-refractivity contribution in [1.29, 1.82) is 5.26 Å². The van der Waals surface area contributed by atoms with E-state index in [4.69, 9.17) is 37.6 Å². The number of nitrogens with zero attached hydrogens (tertiary/aromatic N) is 3. The van der Waals surface area contributed by atoms with Crippen molar-refractivity contribution >= 4 is 23.2 Å². The number of benzene rings is 3.